The first kappa shape index (κ1) is 20.7. The molecule has 1 saturated heterocycles. The normalized spacial score (nSPS) is 14.4. The van der Waals surface area contributed by atoms with E-state index in [1.54, 1.807) is 6.08 Å². The van der Waals surface area contributed by atoms with Crippen molar-refractivity contribution in [3.05, 3.63) is 82.1 Å². The number of imide groups is 1. The summed E-state index contributed by atoms with van der Waals surface area (Å²) in [5.74, 6) is 6.95. The number of ether oxygens (including phenoxy) is 1. The standard InChI is InChI=1S/C24H18N2O4S/c1-16-20(25-23(30-16)19-7-3-2-4-8-19)15-29-13-5-6-17-9-11-18(12-10-17)14-21-22(27)26-24(28)31-21/h2-4,7-12,14H,13,15H2,1H3,(H,26,27,28)/b21-14-. The summed E-state index contributed by atoms with van der Waals surface area (Å²) in [6.45, 7) is 2.45. The lowest BCUT2D eigenvalue weighted by Crippen LogP contribution is -2.17. The van der Waals surface area contributed by atoms with E-state index in [9.17, 15) is 9.59 Å². The number of hydrogen-bond acceptors (Lipinski definition) is 6. The lowest BCUT2D eigenvalue weighted by atomic mass is 10.1. The van der Waals surface area contributed by atoms with E-state index < -0.39 is 0 Å². The van der Waals surface area contributed by atoms with Crippen LogP contribution in [0.1, 0.15) is 22.6 Å². The Morgan fingerprint density at radius 3 is 2.61 bits per heavy atom. The van der Waals surface area contributed by atoms with Crippen LogP contribution in [0.25, 0.3) is 17.5 Å². The van der Waals surface area contributed by atoms with Crippen molar-refractivity contribution in [2.45, 2.75) is 13.5 Å². The number of rotatable bonds is 5. The van der Waals surface area contributed by atoms with Gasteiger partial charge in [-0.05, 0) is 54.6 Å². The van der Waals surface area contributed by atoms with Gasteiger partial charge in [-0.25, -0.2) is 4.98 Å². The van der Waals surface area contributed by atoms with Gasteiger partial charge in [0.25, 0.3) is 11.1 Å². The molecule has 0 atom stereocenters. The minimum atomic E-state index is -0.366. The molecule has 0 bridgehead atoms. The molecule has 0 radical (unpaired) electrons. The van der Waals surface area contributed by atoms with Crippen molar-refractivity contribution in [3.63, 3.8) is 0 Å². The first-order chi connectivity index (χ1) is 15.1. The summed E-state index contributed by atoms with van der Waals surface area (Å²) in [7, 11) is 0. The Bertz CT molecular complexity index is 1200. The first-order valence-electron chi connectivity index (χ1n) is 9.52. The second-order valence-corrected chi connectivity index (χ2v) is 7.67. The van der Waals surface area contributed by atoms with Crippen LogP contribution in [0, 0.1) is 18.8 Å². The number of oxazole rings is 1. The molecule has 2 aromatic carbocycles. The van der Waals surface area contributed by atoms with E-state index in [4.69, 9.17) is 9.15 Å². The minimum absolute atomic E-state index is 0.262. The van der Waals surface area contributed by atoms with Crippen molar-refractivity contribution in [1.82, 2.24) is 10.3 Å². The summed E-state index contributed by atoms with van der Waals surface area (Å²) in [4.78, 5) is 27.7. The molecule has 154 valence electrons. The molecule has 0 saturated carbocycles. The molecule has 2 amide bonds. The van der Waals surface area contributed by atoms with Crippen LogP contribution >= 0.6 is 11.8 Å². The van der Waals surface area contributed by atoms with Gasteiger partial charge in [-0.1, -0.05) is 42.2 Å². The van der Waals surface area contributed by atoms with Gasteiger partial charge >= 0.3 is 0 Å². The van der Waals surface area contributed by atoms with E-state index in [1.165, 1.54) is 0 Å². The fourth-order valence-corrected chi connectivity index (χ4v) is 3.52. The van der Waals surface area contributed by atoms with Gasteiger partial charge in [0.2, 0.25) is 5.89 Å². The van der Waals surface area contributed by atoms with E-state index in [-0.39, 0.29) is 17.8 Å². The highest BCUT2D eigenvalue weighted by molar-refractivity contribution is 8.18. The smallest absolute Gasteiger partial charge is 0.290 e. The Morgan fingerprint density at radius 2 is 1.90 bits per heavy atom. The number of nitrogens with one attached hydrogen (secondary N) is 1. The zero-order valence-electron chi connectivity index (χ0n) is 16.7. The molecular weight excluding hydrogens is 412 g/mol. The fourth-order valence-electron chi connectivity index (χ4n) is 2.84. The van der Waals surface area contributed by atoms with E-state index in [2.05, 4.69) is 22.1 Å². The Balaban J connectivity index is 1.30. The molecule has 0 unspecified atom stereocenters. The van der Waals surface area contributed by atoms with Crippen LogP contribution in [0.2, 0.25) is 0 Å². The van der Waals surface area contributed by atoms with Crippen LogP contribution in [0.5, 0.6) is 0 Å². The number of thioether (sulfide) groups is 1. The monoisotopic (exact) mass is 430 g/mol. The van der Waals surface area contributed by atoms with E-state index in [0.717, 1.165) is 39.9 Å². The quantitative estimate of drug-likeness (QED) is 0.364. The van der Waals surface area contributed by atoms with Crippen LogP contribution in [-0.4, -0.2) is 22.7 Å². The van der Waals surface area contributed by atoms with Crippen LogP contribution < -0.4 is 5.32 Å². The molecule has 0 spiro atoms. The number of aryl methyl sites for hydroxylation is 1. The van der Waals surface area contributed by atoms with Crippen LogP contribution in [0.4, 0.5) is 4.79 Å². The molecule has 1 fully saturated rings. The molecule has 4 rings (SSSR count). The maximum atomic E-state index is 11.6. The fraction of sp³-hybridized carbons (Fsp3) is 0.125. The number of nitrogens with zero attached hydrogens (tertiary/aromatic N) is 1. The number of carbonyl (C=O) groups is 2. The highest BCUT2D eigenvalue weighted by Crippen LogP contribution is 2.25. The zero-order valence-corrected chi connectivity index (χ0v) is 17.5. The van der Waals surface area contributed by atoms with Crippen LogP contribution in [0.3, 0.4) is 0 Å². The minimum Gasteiger partial charge on any atom is -0.441 e. The predicted octanol–water partition coefficient (Wildman–Crippen LogP) is 4.54. The summed E-state index contributed by atoms with van der Waals surface area (Å²) in [6.07, 6.45) is 1.68. The van der Waals surface area contributed by atoms with E-state index >= 15 is 0 Å². The number of amides is 2. The number of hydrogen-bond donors (Lipinski definition) is 1. The molecule has 3 aromatic rings. The van der Waals surface area contributed by atoms with Gasteiger partial charge in [-0.3, -0.25) is 14.9 Å². The number of benzene rings is 2. The molecule has 1 N–H and O–H groups in total. The number of aromatic nitrogens is 1. The largest absolute Gasteiger partial charge is 0.441 e. The molecule has 31 heavy (non-hydrogen) atoms. The van der Waals surface area contributed by atoms with Crippen molar-refractivity contribution in [2.75, 3.05) is 6.61 Å². The van der Waals surface area contributed by atoms with Gasteiger partial charge in [-0.2, -0.15) is 0 Å². The molecule has 2 heterocycles. The van der Waals surface area contributed by atoms with Crippen molar-refractivity contribution in [3.8, 4) is 23.3 Å². The maximum Gasteiger partial charge on any atom is 0.290 e. The van der Waals surface area contributed by atoms with Crippen molar-refractivity contribution < 1.29 is 18.7 Å². The van der Waals surface area contributed by atoms with Crippen LogP contribution in [-0.2, 0) is 16.1 Å². The maximum absolute atomic E-state index is 11.6. The summed E-state index contributed by atoms with van der Waals surface area (Å²) >= 11 is 0.897. The van der Waals surface area contributed by atoms with Gasteiger partial charge < -0.3 is 9.15 Å². The van der Waals surface area contributed by atoms with Gasteiger partial charge in [0.1, 0.15) is 18.1 Å². The highest BCUT2D eigenvalue weighted by atomic mass is 32.2. The average Bonchev–Trinajstić information content (AvgIpc) is 3.30. The van der Waals surface area contributed by atoms with Gasteiger partial charge in [0.05, 0.1) is 11.5 Å². The molecule has 1 aromatic heterocycles. The average molecular weight is 430 g/mol. The van der Waals surface area contributed by atoms with Crippen molar-refractivity contribution >= 4 is 29.0 Å². The number of carbonyl (C=O) groups excluding carboxylic acids is 2. The summed E-state index contributed by atoms with van der Waals surface area (Å²) in [5.41, 5.74) is 3.33. The molecule has 0 aliphatic carbocycles. The van der Waals surface area contributed by atoms with Gasteiger partial charge in [0, 0.05) is 11.1 Å². The lowest BCUT2D eigenvalue weighted by molar-refractivity contribution is -0.115. The Morgan fingerprint density at radius 1 is 1.13 bits per heavy atom. The molecule has 1 aliphatic rings. The van der Waals surface area contributed by atoms with Crippen molar-refractivity contribution in [1.29, 1.82) is 0 Å². The molecule has 7 heteroatoms. The van der Waals surface area contributed by atoms with E-state index in [0.29, 0.717) is 17.4 Å². The predicted molar refractivity (Wildman–Crippen MR) is 119 cm³/mol. The van der Waals surface area contributed by atoms with Gasteiger partial charge in [-0.15, -0.1) is 0 Å². The first-order valence-corrected chi connectivity index (χ1v) is 10.3. The molecule has 1 aliphatic heterocycles. The summed E-state index contributed by atoms with van der Waals surface area (Å²) < 4.78 is 11.3. The second kappa shape index (κ2) is 9.47. The topological polar surface area (TPSA) is 81.4 Å². The highest BCUT2D eigenvalue weighted by Gasteiger charge is 2.24. The van der Waals surface area contributed by atoms with Crippen LogP contribution in [0.15, 0.2) is 63.9 Å². The molecule has 6 nitrogen and oxygen atoms in total. The molecular formula is C24H18N2O4S. The zero-order chi connectivity index (χ0) is 21.6. The second-order valence-electron chi connectivity index (χ2n) is 6.66. The summed E-state index contributed by atoms with van der Waals surface area (Å²) in [5, 5.41) is 1.88. The Hall–Kier alpha value is -3.60. The third-order valence-corrected chi connectivity index (χ3v) is 5.22. The summed E-state index contributed by atoms with van der Waals surface area (Å²) in [6, 6.07) is 17.1. The Labute approximate surface area is 183 Å². The van der Waals surface area contributed by atoms with Crippen molar-refractivity contribution in [2.24, 2.45) is 0 Å². The third-order valence-electron chi connectivity index (χ3n) is 4.41. The van der Waals surface area contributed by atoms with Gasteiger partial charge in [0.15, 0.2) is 0 Å². The third kappa shape index (κ3) is 5.31. The lowest BCUT2D eigenvalue weighted by Gasteiger charge is -1.97. The van der Waals surface area contributed by atoms with E-state index in [1.807, 2.05) is 61.5 Å². The Kier molecular flexibility index (Phi) is 6.32. The SMILES string of the molecule is Cc1oc(-c2ccccc2)nc1COCC#Cc1ccc(/C=C2\SC(=O)NC2=O)cc1.